The lowest BCUT2D eigenvalue weighted by atomic mass is 10.2. The molecule has 0 saturated heterocycles. The minimum atomic E-state index is -0.497. The molecule has 0 bridgehead atoms. The molecule has 0 aromatic heterocycles. The van der Waals surface area contributed by atoms with Gasteiger partial charge in [-0.1, -0.05) is 41.9 Å². The molecule has 0 unspecified atom stereocenters. The minimum absolute atomic E-state index is 0.0907. The van der Waals surface area contributed by atoms with Crippen LogP contribution >= 0.6 is 23.8 Å². The number of hydrogen-bond acceptors (Lipinski definition) is 6. The summed E-state index contributed by atoms with van der Waals surface area (Å²) in [5.41, 5.74) is 5.09. The topological polar surface area (TPSA) is 97.9 Å². The third-order valence-electron chi connectivity index (χ3n) is 4.21. The Bertz CT molecular complexity index is 1110. The molecule has 176 valence electrons. The van der Waals surface area contributed by atoms with Crippen LogP contribution in [0.25, 0.3) is 0 Å². The monoisotopic (exact) mass is 499 g/mol. The summed E-state index contributed by atoms with van der Waals surface area (Å²) >= 11 is 10.9. The molecule has 10 heteroatoms. The van der Waals surface area contributed by atoms with Crippen LogP contribution in [0.3, 0.4) is 0 Å². The van der Waals surface area contributed by atoms with Gasteiger partial charge in [0, 0.05) is 5.02 Å². The van der Waals surface area contributed by atoms with Gasteiger partial charge in [0.05, 0.1) is 5.56 Å². The summed E-state index contributed by atoms with van der Waals surface area (Å²) in [4.78, 5) is 24.5. The number of hydrogen-bond donors (Lipinski definition) is 3. The molecule has 0 atom stereocenters. The third kappa shape index (κ3) is 8.27. The summed E-state index contributed by atoms with van der Waals surface area (Å²) in [6.07, 6.45) is 0. The fraction of sp³-hybridized carbons (Fsp3) is 0.125. The Labute approximate surface area is 207 Å². The van der Waals surface area contributed by atoms with Crippen LogP contribution in [0.2, 0.25) is 5.02 Å². The predicted molar refractivity (Wildman–Crippen MR) is 132 cm³/mol. The normalized spacial score (nSPS) is 10.0. The molecular formula is C24H22ClN3O5S. The van der Waals surface area contributed by atoms with Gasteiger partial charge in [0.2, 0.25) is 0 Å². The van der Waals surface area contributed by atoms with Crippen LogP contribution in [0.5, 0.6) is 17.2 Å². The number of benzene rings is 3. The number of hydrazine groups is 1. The third-order valence-corrected chi connectivity index (χ3v) is 4.67. The van der Waals surface area contributed by atoms with Crippen LogP contribution < -0.4 is 30.4 Å². The highest BCUT2D eigenvalue weighted by Crippen LogP contribution is 2.18. The molecule has 0 spiro atoms. The summed E-state index contributed by atoms with van der Waals surface area (Å²) in [5, 5.41) is 2.96. The first kappa shape index (κ1) is 24.8. The number of halogens is 1. The van der Waals surface area contributed by atoms with Crippen molar-refractivity contribution < 1.29 is 23.8 Å². The maximum Gasteiger partial charge on any atom is 0.276 e. The van der Waals surface area contributed by atoms with Crippen molar-refractivity contribution in [2.45, 2.75) is 0 Å². The van der Waals surface area contributed by atoms with E-state index in [-0.39, 0.29) is 23.9 Å². The molecule has 2 amide bonds. The number of carbonyl (C=O) groups is 2. The molecule has 34 heavy (non-hydrogen) atoms. The number of ether oxygens (including phenoxy) is 3. The molecular weight excluding hydrogens is 478 g/mol. The van der Waals surface area contributed by atoms with Crippen molar-refractivity contribution in [1.82, 2.24) is 16.2 Å². The average molecular weight is 500 g/mol. The van der Waals surface area contributed by atoms with Crippen LogP contribution in [0.4, 0.5) is 0 Å². The van der Waals surface area contributed by atoms with Gasteiger partial charge in [-0.25, -0.2) is 0 Å². The molecule has 0 fully saturated rings. The second-order valence-corrected chi connectivity index (χ2v) is 7.55. The highest BCUT2D eigenvalue weighted by atomic mass is 35.5. The fourth-order valence-corrected chi connectivity index (χ4v) is 2.92. The van der Waals surface area contributed by atoms with Gasteiger partial charge in [-0.15, -0.1) is 0 Å². The van der Waals surface area contributed by atoms with Crippen molar-refractivity contribution >= 4 is 40.7 Å². The van der Waals surface area contributed by atoms with Crippen molar-refractivity contribution in [2.75, 3.05) is 19.8 Å². The van der Waals surface area contributed by atoms with Gasteiger partial charge in [-0.2, -0.15) is 0 Å². The number of carbonyl (C=O) groups excluding carboxylic acids is 2. The molecule has 0 aliphatic carbocycles. The quantitative estimate of drug-likeness (QED) is 0.235. The lowest BCUT2D eigenvalue weighted by Crippen LogP contribution is -2.49. The highest BCUT2D eigenvalue weighted by Gasteiger charge is 2.14. The minimum Gasteiger partial charge on any atom is -0.490 e. The average Bonchev–Trinajstić information content (AvgIpc) is 2.86. The number of para-hydroxylation sites is 2. The SMILES string of the molecule is O=C(COc1ccc(Cl)cc1)NNC(=S)NC(=O)c1ccccc1OCCOc1ccccc1. The zero-order valence-electron chi connectivity index (χ0n) is 18.0. The molecule has 0 saturated carbocycles. The maximum absolute atomic E-state index is 12.6. The van der Waals surface area contributed by atoms with E-state index < -0.39 is 11.8 Å². The maximum atomic E-state index is 12.6. The van der Waals surface area contributed by atoms with Gasteiger partial charge >= 0.3 is 0 Å². The van der Waals surface area contributed by atoms with Gasteiger partial charge < -0.3 is 14.2 Å². The van der Waals surface area contributed by atoms with E-state index >= 15 is 0 Å². The van der Waals surface area contributed by atoms with E-state index in [0.717, 1.165) is 5.75 Å². The van der Waals surface area contributed by atoms with Gasteiger partial charge in [0.25, 0.3) is 11.8 Å². The van der Waals surface area contributed by atoms with E-state index in [1.165, 1.54) is 0 Å². The largest absolute Gasteiger partial charge is 0.490 e. The van der Waals surface area contributed by atoms with Crippen LogP contribution in [0.1, 0.15) is 10.4 Å². The van der Waals surface area contributed by atoms with Crippen molar-refractivity contribution in [2.24, 2.45) is 0 Å². The van der Waals surface area contributed by atoms with E-state index in [1.54, 1.807) is 48.5 Å². The van der Waals surface area contributed by atoms with Gasteiger partial charge in [-0.05, 0) is 60.7 Å². The predicted octanol–water partition coefficient (Wildman–Crippen LogP) is 3.51. The molecule has 3 rings (SSSR count). The van der Waals surface area contributed by atoms with Crippen molar-refractivity contribution in [1.29, 1.82) is 0 Å². The van der Waals surface area contributed by atoms with Gasteiger partial charge in [0.15, 0.2) is 11.7 Å². The van der Waals surface area contributed by atoms with Crippen molar-refractivity contribution in [3.05, 3.63) is 89.4 Å². The molecule has 0 heterocycles. The molecule has 3 N–H and O–H groups in total. The van der Waals surface area contributed by atoms with E-state index in [9.17, 15) is 9.59 Å². The number of rotatable bonds is 9. The van der Waals surface area contributed by atoms with E-state index in [1.807, 2.05) is 30.3 Å². The molecule has 0 radical (unpaired) electrons. The number of nitrogens with one attached hydrogen (secondary N) is 3. The Balaban J connectivity index is 1.41. The lowest BCUT2D eigenvalue weighted by molar-refractivity contribution is -0.123. The Hall–Kier alpha value is -3.82. The standard InChI is InChI=1S/C24H22ClN3O5S/c25-17-10-12-19(13-11-17)33-16-22(29)27-28-24(34)26-23(30)20-8-4-5-9-21(20)32-15-14-31-18-6-2-1-3-7-18/h1-13H,14-16H2,(H,27,29)(H2,26,28,30,34). The number of amides is 2. The van der Waals surface area contributed by atoms with E-state index in [4.69, 9.17) is 38.0 Å². The fourth-order valence-electron chi connectivity index (χ4n) is 2.65. The lowest BCUT2D eigenvalue weighted by Gasteiger charge is -2.14. The van der Waals surface area contributed by atoms with Crippen LogP contribution in [0, 0.1) is 0 Å². The molecule has 0 aliphatic rings. The molecule has 0 aliphatic heterocycles. The van der Waals surface area contributed by atoms with Crippen molar-refractivity contribution in [3.8, 4) is 17.2 Å². The zero-order chi connectivity index (χ0) is 24.2. The van der Waals surface area contributed by atoms with Crippen LogP contribution in [-0.2, 0) is 4.79 Å². The first-order chi connectivity index (χ1) is 16.5. The first-order valence-electron chi connectivity index (χ1n) is 10.2. The number of thiocarbonyl (C=S) groups is 1. The summed E-state index contributed by atoms with van der Waals surface area (Å²) in [6, 6.07) is 22.6. The Morgan fingerprint density at radius 3 is 2.18 bits per heavy atom. The molecule has 3 aromatic carbocycles. The zero-order valence-corrected chi connectivity index (χ0v) is 19.5. The van der Waals surface area contributed by atoms with E-state index in [0.29, 0.717) is 23.1 Å². The van der Waals surface area contributed by atoms with E-state index in [2.05, 4.69) is 16.2 Å². The second-order valence-electron chi connectivity index (χ2n) is 6.71. The van der Waals surface area contributed by atoms with Gasteiger partial charge in [0.1, 0.15) is 30.5 Å². The summed E-state index contributed by atoms with van der Waals surface area (Å²) in [7, 11) is 0. The summed E-state index contributed by atoms with van der Waals surface area (Å²) in [5.74, 6) is 0.604. The van der Waals surface area contributed by atoms with Gasteiger partial charge in [-0.3, -0.25) is 25.8 Å². The first-order valence-corrected chi connectivity index (χ1v) is 11.0. The summed E-state index contributed by atoms with van der Waals surface area (Å²) < 4.78 is 16.6. The Morgan fingerprint density at radius 2 is 1.41 bits per heavy atom. The summed E-state index contributed by atoms with van der Waals surface area (Å²) in [6.45, 7) is 0.294. The highest BCUT2D eigenvalue weighted by molar-refractivity contribution is 7.80. The molecule has 8 nitrogen and oxygen atoms in total. The van der Waals surface area contributed by atoms with Crippen LogP contribution in [0.15, 0.2) is 78.9 Å². The molecule has 3 aromatic rings. The second kappa shape index (κ2) is 13.0. The smallest absolute Gasteiger partial charge is 0.276 e. The Kier molecular flexibility index (Phi) is 9.51. The van der Waals surface area contributed by atoms with Crippen molar-refractivity contribution in [3.63, 3.8) is 0 Å². The van der Waals surface area contributed by atoms with Crippen LogP contribution in [-0.4, -0.2) is 36.7 Å². The Morgan fingerprint density at radius 1 is 0.765 bits per heavy atom.